The molecule has 1 aromatic carbocycles. The maximum absolute atomic E-state index is 9.97. The fraction of sp³-hybridized carbons (Fsp3) is 0.600. The topological polar surface area (TPSA) is 46.2 Å². The Morgan fingerprint density at radius 2 is 1.59 bits per heavy atom. The molecule has 3 N–H and O–H groups in total. The Balaban J connectivity index is 2.11. The van der Waals surface area contributed by atoms with E-state index in [4.69, 9.17) is 5.73 Å². The van der Waals surface area contributed by atoms with Gasteiger partial charge < -0.3 is 10.8 Å². The van der Waals surface area contributed by atoms with E-state index in [1.165, 1.54) is 42.4 Å². The molecule has 2 aliphatic rings. The molecule has 0 amide bonds. The van der Waals surface area contributed by atoms with E-state index in [0.29, 0.717) is 5.75 Å². The average Bonchev–Trinajstić information content (AvgIpc) is 2.78. The van der Waals surface area contributed by atoms with Gasteiger partial charge in [0.25, 0.3) is 0 Å². The highest BCUT2D eigenvalue weighted by Crippen LogP contribution is 2.42. The molecule has 2 nitrogen and oxygen atoms in total. The van der Waals surface area contributed by atoms with Crippen molar-refractivity contribution in [1.29, 1.82) is 0 Å². The zero-order valence-electron chi connectivity index (χ0n) is 10.3. The number of aromatic hydroxyl groups is 1. The van der Waals surface area contributed by atoms with Crippen LogP contribution in [0.2, 0.25) is 0 Å². The molecule has 0 saturated heterocycles. The van der Waals surface area contributed by atoms with Crippen molar-refractivity contribution >= 4 is 0 Å². The first-order valence-corrected chi connectivity index (χ1v) is 6.84. The van der Waals surface area contributed by atoms with Crippen molar-refractivity contribution in [2.45, 2.75) is 56.9 Å². The van der Waals surface area contributed by atoms with E-state index in [1.54, 1.807) is 0 Å². The molecule has 0 aromatic heterocycles. The van der Waals surface area contributed by atoms with Crippen molar-refractivity contribution in [3.05, 3.63) is 28.8 Å². The molecular weight excluding hydrogens is 210 g/mol. The van der Waals surface area contributed by atoms with Gasteiger partial charge in [0, 0.05) is 5.54 Å². The lowest BCUT2D eigenvalue weighted by molar-refractivity contribution is 0.439. The molecule has 0 heterocycles. The van der Waals surface area contributed by atoms with Crippen LogP contribution < -0.4 is 5.73 Å². The summed E-state index contributed by atoms with van der Waals surface area (Å²) in [4.78, 5) is 0. The van der Waals surface area contributed by atoms with Gasteiger partial charge in [0.05, 0.1) is 0 Å². The van der Waals surface area contributed by atoms with Gasteiger partial charge in [-0.25, -0.2) is 0 Å². The quantitative estimate of drug-likeness (QED) is 0.780. The number of phenols is 1. The van der Waals surface area contributed by atoms with Gasteiger partial charge in [-0.15, -0.1) is 0 Å². The number of fused-ring (bicyclic) bond motifs is 1. The smallest absolute Gasteiger partial charge is 0.119 e. The van der Waals surface area contributed by atoms with Gasteiger partial charge in [-0.3, -0.25) is 0 Å². The Morgan fingerprint density at radius 3 is 2.29 bits per heavy atom. The van der Waals surface area contributed by atoms with Crippen molar-refractivity contribution in [1.82, 2.24) is 0 Å². The summed E-state index contributed by atoms with van der Waals surface area (Å²) in [5.74, 6) is 0.477. The highest BCUT2D eigenvalue weighted by molar-refractivity contribution is 5.48. The lowest BCUT2D eigenvalue weighted by atomic mass is 9.79. The predicted molar refractivity (Wildman–Crippen MR) is 69.1 cm³/mol. The summed E-state index contributed by atoms with van der Waals surface area (Å²) < 4.78 is 0. The van der Waals surface area contributed by atoms with E-state index in [9.17, 15) is 5.11 Å². The number of hydrogen-bond donors (Lipinski definition) is 2. The Kier molecular flexibility index (Phi) is 2.62. The molecular formula is C15H21NO. The second-order valence-corrected chi connectivity index (χ2v) is 5.66. The van der Waals surface area contributed by atoms with Gasteiger partial charge in [-0.2, -0.15) is 0 Å². The van der Waals surface area contributed by atoms with Crippen molar-refractivity contribution in [2.24, 2.45) is 5.73 Å². The maximum atomic E-state index is 9.97. The third kappa shape index (κ3) is 1.75. The van der Waals surface area contributed by atoms with E-state index in [2.05, 4.69) is 6.07 Å². The Hall–Kier alpha value is -1.02. The van der Waals surface area contributed by atoms with Gasteiger partial charge in [0.2, 0.25) is 0 Å². The van der Waals surface area contributed by atoms with Crippen molar-refractivity contribution in [3.63, 3.8) is 0 Å². The Morgan fingerprint density at radius 1 is 0.941 bits per heavy atom. The summed E-state index contributed by atoms with van der Waals surface area (Å²) in [6, 6.07) is 3.93. The van der Waals surface area contributed by atoms with Gasteiger partial charge in [-0.1, -0.05) is 18.9 Å². The van der Waals surface area contributed by atoms with Crippen LogP contribution in [0.1, 0.15) is 55.2 Å². The number of hydrogen-bond acceptors (Lipinski definition) is 2. The Labute approximate surface area is 103 Å². The number of phenolic OH excluding ortho intramolecular Hbond substituents is 1. The van der Waals surface area contributed by atoms with Crippen LogP contribution >= 0.6 is 0 Å². The minimum atomic E-state index is -0.116. The van der Waals surface area contributed by atoms with E-state index < -0.39 is 0 Å². The second kappa shape index (κ2) is 4.02. The van der Waals surface area contributed by atoms with Gasteiger partial charge >= 0.3 is 0 Å². The molecule has 0 atom stereocenters. The normalized spacial score (nSPS) is 22.4. The first kappa shape index (κ1) is 11.1. The van der Waals surface area contributed by atoms with Gasteiger partial charge in [0.15, 0.2) is 0 Å². The van der Waals surface area contributed by atoms with E-state index in [-0.39, 0.29) is 5.54 Å². The third-order valence-corrected chi connectivity index (χ3v) is 4.54. The fourth-order valence-corrected chi connectivity index (χ4v) is 3.59. The molecule has 2 heteroatoms. The molecule has 0 spiro atoms. The third-order valence-electron chi connectivity index (χ3n) is 4.54. The van der Waals surface area contributed by atoms with Crippen LogP contribution in [0.25, 0.3) is 0 Å². The molecule has 1 fully saturated rings. The van der Waals surface area contributed by atoms with E-state index >= 15 is 0 Å². The molecule has 0 bridgehead atoms. The van der Waals surface area contributed by atoms with Crippen molar-refractivity contribution in [3.8, 4) is 5.75 Å². The van der Waals surface area contributed by atoms with E-state index in [1.807, 2.05) is 6.07 Å². The van der Waals surface area contributed by atoms with Crippen LogP contribution in [0.4, 0.5) is 0 Å². The molecule has 2 aliphatic carbocycles. The highest BCUT2D eigenvalue weighted by atomic mass is 16.3. The molecule has 1 saturated carbocycles. The number of benzene rings is 1. The number of rotatable bonds is 1. The summed E-state index contributed by atoms with van der Waals surface area (Å²) in [6.45, 7) is 0. The first-order chi connectivity index (χ1) is 8.21. The van der Waals surface area contributed by atoms with Gasteiger partial charge in [-0.05, 0) is 61.3 Å². The van der Waals surface area contributed by atoms with Crippen molar-refractivity contribution < 1.29 is 5.11 Å². The highest BCUT2D eigenvalue weighted by Gasteiger charge is 2.34. The summed E-state index contributed by atoms with van der Waals surface area (Å²) in [7, 11) is 0. The molecule has 0 unspecified atom stereocenters. The summed E-state index contributed by atoms with van der Waals surface area (Å²) in [5.41, 5.74) is 10.3. The zero-order chi connectivity index (χ0) is 11.9. The van der Waals surface area contributed by atoms with Crippen LogP contribution in [-0.4, -0.2) is 5.11 Å². The molecule has 1 aromatic rings. The zero-order valence-corrected chi connectivity index (χ0v) is 10.3. The number of nitrogens with two attached hydrogens (primary N) is 1. The molecule has 92 valence electrons. The largest absolute Gasteiger partial charge is 0.508 e. The summed E-state index contributed by atoms with van der Waals surface area (Å²) >= 11 is 0. The summed E-state index contributed by atoms with van der Waals surface area (Å²) in [6.07, 6.45) is 9.23. The molecule has 17 heavy (non-hydrogen) atoms. The Bertz CT molecular complexity index is 433. The minimum absolute atomic E-state index is 0.116. The molecule has 0 aliphatic heterocycles. The van der Waals surface area contributed by atoms with Gasteiger partial charge in [0.1, 0.15) is 5.75 Å². The average molecular weight is 231 g/mol. The van der Waals surface area contributed by atoms with Crippen LogP contribution in [-0.2, 0) is 18.4 Å². The predicted octanol–water partition coefficient (Wildman–Crippen LogP) is 3.00. The second-order valence-electron chi connectivity index (χ2n) is 5.66. The SMILES string of the molecule is NC1(c2ccc(O)c3c2CCCC3)CCCC1. The fourth-order valence-electron chi connectivity index (χ4n) is 3.59. The monoisotopic (exact) mass is 231 g/mol. The lowest BCUT2D eigenvalue weighted by Gasteiger charge is -2.30. The van der Waals surface area contributed by atoms with Crippen LogP contribution in [0, 0.1) is 0 Å². The lowest BCUT2D eigenvalue weighted by Crippen LogP contribution is -2.35. The van der Waals surface area contributed by atoms with Crippen LogP contribution in [0.5, 0.6) is 5.75 Å². The maximum Gasteiger partial charge on any atom is 0.119 e. The first-order valence-electron chi connectivity index (χ1n) is 6.84. The van der Waals surface area contributed by atoms with E-state index in [0.717, 1.165) is 25.7 Å². The standard InChI is InChI=1S/C15H21NO/c16-15(9-3-4-10-15)13-7-8-14(17)12-6-2-1-5-11(12)13/h7-8,17H,1-6,9-10,16H2. The van der Waals surface area contributed by atoms with Crippen molar-refractivity contribution in [2.75, 3.05) is 0 Å². The van der Waals surface area contributed by atoms with Crippen LogP contribution in [0.15, 0.2) is 12.1 Å². The molecule has 3 rings (SSSR count). The summed E-state index contributed by atoms with van der Waals surface area (Å²) in [5, 5.41) is 9.97. The van der Waals surface area contributed by atoms with Crippen LogP contribution in [0.3, 0.4) is 0 Å². The molecule has 0 radical (unpaired) electrons. The minimum Gasteiger partial charge on any atom is -0.508 e.